The first-order chi connectivity index (χ1) is 34.5. The van der Waals surface area contributed by atoms with Gasteiger partial charge < -0.3 is 20.2 Å². The maximum Gasteiger partial charge on any atom is 0.303 e. The lowest BCUT2D eigenvalue weighted by Crippen LogP contribution is -2.33. The number of Topliss-reactive ketones (excluding diaryl/α,β-unsaturated/α-hetero) is 5. The number of carbonyl (C=O) groups is 7. The number of carboxylic acid groups (broad SMARTS) is 2. The number of hydrogen-bond donors (Lipinski definition) is 5. The molecule has 20 heteroatoms. The maximum atomic E-state index is 14.6. The fraction of sp³-hybridized carbons (Fsp3) is 0.519. The van der Waals surface area contributed by atoms with E-state index in [0.29, 0.717) is 103 Å². The number of carbonyl (C=O) groups excluding carboxylic acids is 5. The van der Waals surface area contributed by atoms with Gasteiger partial charge in [-0.25, -0.2) is 0 Å². The summed E-state index contributed by atoms with van der Waals surface area (Å²) >= 11 is 0. The van der Waals surface area contributed by atoms with Crippen LogP contribution in [-0.4, -0.2) is 117 Å². The van der Waals surface area contributed by atoms with E-state index in [4.69, 9.17) is 0 Å². The van der Waals surface area contributed by atoms with Crippen molar-refractivity contribution in [2.45, 2.75) is 155 Å². The van der Waals surface area contributed by atoms with Gasteiger partial charge in [0.25, 0.3) is 20.2 Å². The summed E-state index contributed by atoms with van der Waals surface area (Å²) in [5.74, 6) is -5.70. The molecule has 5 N–H and O–H groups in total. The minimum absolute atomic E-state index is 0.00203. The molecular formula is C54H69N2O16S2+. The van der Waals surface area contributed by atoms with E-state index in [-0.39, 0.29) is 97.5 Å². The average molecular weight is 1070 g/mol. The molecule has 1 aliphatic carbocycles. The Balaban J connectivity index is 1.70. The van der Waals surface area contributed by atoms with E-state index in [9.17, 15) is 74.8 Å². The number of hydrogen-bond acceptors (Lipinski definition) is 13. The molecule has 0 saturated heterocycles. The van der Waals surface area contributed by atoms with Gasteiger partial charge in [0.05, 0.1) is 33.6 Å². The van der Waals surface area contributed by atoms with Crippen molar-refractivity contribution in [2.24, 2.45) is 0 Å². The number of ketones is 5. The summed E-state index contributed by atoms with van der Waals surface area (Å²) in [6.45, 7) is 11.6. The lowest BCUT2D eigenvalue weighted by Gasteiger charge is -2.29. The molecule has 0 radical (unpaired) electrons. The Kier molecular flexibility index (Phi) is 19.2. The monoisotopic (exact) mass is 1070 g/mol. The molecule has 0 saturated carbocycles. The predicted octanol–water partition coefficient (Wildman–Crippen LogP) is 9.02. The number of fused-ring (bicyclic) bond motifs is 2. The molecule has 3 aliphatic rings. The summed E-state index contributed by atoms with van der Waals surface area (Å²) in [6, 6.07) is 6.27. The van der Waals surface area contributed by atoms with E-state index in [1.807, 2.05) is 32.6 Å². The van der Waals surface area contributed by atoms with Crippen molar-refractivity contribution >= 4 is 78.2 Å². The fourth-order valence-corrected chi connectivity index (χ4v) is 11.2. The second-order valence-corrected chi connectivity index (χ2v) is 23.5. The van der Waals surface area contributed by atoms with Crippen molar-refractivity contribution in [1.82, 2.24) is 0 Å². The highest BCUT2D eigenvalue weighted by atomic mass is 32.2. The zero-order valence-electron chi connectivity index (χ0n) is 43.0. The summed E-state index contributed by atoms with van der Waals surface area (Å²) in [5.41, 5.74) is 1.49. The second-order valence-electron chi connectivity index (χ2n) is 20.3. The van der Waals surface area contributed by atoms with E-state index in [1.54, 1.807) is 36.6 Å². The minimum atomic E-state index is -4.44. The predicted molar refractivity (Wildman–Crippen MR) is 278 cm³/mol. The molecule has 18 nitrogen and oxygen atoms in total. The normalized spacial score (nSPS) is 17.0. The highest BCUT2D eigenvalue weighted by Gasteiger charge is 2.50. The first kappa shape index (κ1) is 58.9. The van der Waals surface area contributed by atoms with Crippen LogP contribution in [-0.2, 0) is 45.4 Å². The van der Waals surface area contributed by atoms with Gasteiger partial charge in [0.15, 0.2) is 28.8 Å². The van der Waals surface area contributed by atoms with Crippen molar-refractivity contribution in [1.29, 1.82) is 0 Å². The van der Waals surface area contributed by atoms with Gasteiger partial charge in [-0.1, -0.05) is 34.1 Å². The highest BCUT2D eigenvalue weighted by molar-refractivity contribution is 7.86. The van der Waals surface area contributed by atoms with Gasteiger partial charge in [0.2, 0.25) is 11.5 Å². The molecule has 2 heterocycles. The molecule has 5 rings (SSSR count). The number of anilines is 1. The minimum Gasteiger partial charge on any atom is -0.506 e. The third kappa shape index (κ3) is 13.8. The van der Waals surface area contributed by atoms with E-state index in [1.165, 1.54) is 18.2 Å². The number of aliphatic carboxylic acids is 2. The second kappa shape index (κ2) is 24.1. The summed E-state index contributed by atoms with van der Waals surface area (Å²) in [5, 5.41) is 30.6. The SMILES string of the molecule is CCCC(=O)c1cc(C(=O)CCC)c2c(c1)N(CCCCCC(=O)O)C(=CC1=C(O)C(=CC3=[N+](CCCCCC(=O)O)c4cc(C(=O)CCCS(=O)(=O)O)cc(C(=O)CCCS(=O)(=O)O)c4C3(C)C)C1=O)C2(C)C. The molecular weight excluding hydrogens is 997 g/mol. The average Bonchev–Trinajstić information content (AvgIpc) is 3.65. The molecule has 0 bridgehead atoms. The van der Waals surface area contributed by atoms with Crippen molar-refractivity contribution in [2.75, 3.05) is 29.5 Å². The topological polar surface area (TPSA) is 295 Å². The van der Waals surface area contributed by atoms with Gasteiger partial charge >= 0.3 is 11.9 Å². The van der Waals surface area contributed by atoms with Crippen molar-refractivity contribution in [3.8, 4) is 0 Å². The Hall–Kier alpha value is -5.96. The number of carboxylic acids is 2. The van der Waals surface area contributed by atoms with Gasteiger partial charge in [0.1, 0.15) is 12.3 Å². The first-order valence-corrected chi connectivity index (χ1v) is 28.5. The third-order valence-corrected chi connectivity index (χ3v) is 15.5. The van der Waals surface area contributed by atoms with Gasteiger partial charge in [-0.05, 0) is 95.1 Å². The first-order valence-electron chi connectivity index (χ1n) is 25.2. The largest absolute Gasteiger partial charge is 0.506 e. The number of aliphatic hydroxyl groups is 1. The highest BCUT2D eigenvalue weighted by Crippen LogP contribution is 2.52. The lowest BCUT2D eigenvalue weighted by molar-refractivity contribution is -0.438. The number of allylic oxidation sites excluding steroid dienone is 5. The molecule has 0 aromatic heterocycles. The number of benzene rings is 2. The van der Waals surface area contributed by atoms with Crippen LogP contribution < -0.4 is 4.90 Å². The summed E-state index contributed by atoms with van der Waals surface area (Å²) in [4.78, 5) is 94.5. The lowest BCUT2D eigenvalue weighted by atomic mass is 9.75. The summed E-state index contributed by atoms with van der Waals surface area (Å²) in [7, 11) is -8.85. The summed E-state index contributed by atoms with van der Waals surface area (Å²) in [6.07, 6.45) is 5.96. The van der Waals surface area contributed by atoms with E-state index < -0.39 is 71.9 Å². The van der Waals surface area contributed by atoms with Gasteiger partial charge in [-0.3, -0.25) is 42.7 Å². The van der Waals surface area contributed by atoms with Crippen LogP contribution in [0.15, 0.2) is 59.0 Å². The van der Waals surface area contributed by atoms with Crippen LogP contribution in [0.2, 0.25) is 0 Å². The Morgan fingerprint density at radius 2 is 1.11 bits per heavy atom. The Morgan fingerprint density at radius 3 is 1.65 bits per heavy atom. The fourth-order valence-electron chi connectivity index (χ4n) is 10.2. The number of unbranched alkanes of at least 4 members (excludes halogenated alkanes) is 4. The molecule has 0 fully saturated rings. The smallest absolute Gasteiger partial charge is 0.303 e. The molecule has 402 valence electrons. The maximum absolute atomic E-state index is 14.6. The van der Waals surface area contributed by atoms with Crippen molar-refractivity contribution in [3.05, 3.63) is 92.4 Å². The number of nitrogens with zero attached hydrogens (tertiary/aromatic N) is 2. The Labute approximate surface area is 432 Å². The quantitative estimate of drug-likeness (QED) is 0.0160. The molecule has 2 aliphatic heterocycles. The zero-order valence-corrected chi connectivity index (χ0v) is 44.7. The zero-order chi connectivity index (χ0) is 55.1. The van der Waals surface area contributed by atoms with Crippen LogP contribution in [0.3, 0.4) is 0 Å². The molecule has 0 unspecified atom stereocenters. The van der Waals surface area contributed by atoms with Crippen LogP contribution in [0.5, 0.6) is 0 Å². The number of rotatable bonds is 30. The van der Waals surface area contributed by atoms with Crippen molar-refractivity contribution < 1.29 is 79.4 Å². The van der Waals surface area contributed by atoms with E-state index in [0.717, 1.165) is 0 Å². The van der Waals surface area contributed by atoms with Crippen molar-refractivity contribution in [3.63, 3.8) is 0 Å². The molecule has 2 aromatic rings. The Bertz CT molecular complexity index is 2990. The molecule has 0 spiro atoms. The molecule has 74 heavy (non-hydrogen) atoms. The van der Waals surface area contributed by atoms with Crippen LogP contribution in [0.1, 0.15) is 197 Å². The van der Waals surface area contributed by atoms with E-state index in [2.05, 4.69) is 0 Å². The van der Waals surface area contributed by atoms with E-state index >= 15 is 0 Å². The van der Waals surface area contributed by atoms with Crippen LogP contribution in [0.25, 0.3) is 0 Å². The molecule has 2 aromatic carbocycles. The number of aliphatic hydroxyl groups excluding tert-OH is 1. The standard InChI is InChI=1S/C54H68N2O16S2/c1-7-17-41(57)33-27-35(43(59)18-8-2)49-39(29-33)55(23-13-9-11-21-47(61)62)45(53(49,3)4)31-37-51(65)38(52(37)66)32-46-54(5,6)50-36(44(60)20-16-26-74(70,71)72)28-34(42(58)19-15-25-73(67,68)69)30-40(50)56(46)24-14-10-12-22-48(63)64/h27-32H,7-26H2,1-6H3,(H4-,61,62,63,64,65,66,67,68,69,70,71,72)/p+1. The molecule has 0 amide bonds. The van der Waals surface area contributed by atoms with Gasteiger partial charge in [-0.15, -0.1) is 0 Å². The van der Waals surface area contributed by atoms with Gasteiger partial charge in [-0.2, -0.15) is 21.4 Å². The molecule has 0 atom stereocenters. The third-order valence-electron chi connectivity index (χ3n) is 13.8. The Morgan fingerprint density at radius 1 is 0.608 bits per heavy atom. The van der Waals surface area contributed by atoms with Crippen LogP contribution in [0, 0.1) is 0 Å². The van der Waals surface area contributed by atoms with Gasteiger partial charge in [0, 0.05) is 103 Å². The van der Waals surface area contributed by atoms with Crippen LogP contribution >= 0.6 is 0 Å². The summed E-state index contributed by atoms with van der Waals surface area (Å²) < 4.78 is 66.8. The van der Waals surface area contributed by atoms with Crippen LogP contribution in [0.4, 0.5) is 11.4 Å².